The van der Waals surface area contributed by atoms with E-state index >= 15 is 0 Å². The topological polar surface area (TPSA) is 33.5 Å². The molecule has 0 aliphatic carbocycles. The van der Waals surface area contributed by atoms with Gasteiger partial charge in [-0.05, 0) is 67.5 Å². The van der Waals surface area contributed by atoms with Crippen LogP contribution in [0.1, 0.15) is 39.9 Å². The Hall–Kier alpha value is -2.62. The van der Waals surface area contributed by atoms with Gasteiger partial charge < -0.3 is 10.2 Å². The lowest BCUT2D eigenvalue weighted by molar-refractivity contribution is -0.919. The number of carbonyl (C=O) groups is 1. The van der Waals surface area contributed by atoms with E-state index in [1.807, 2.05) is 31.2 Å². The van der Waals surface area contributed by atoms with Crippen molar-refractivity contribution in [2.75, 3.05) is 18.4 Å². The van der Waals surface area contributed by atoms with E-state index in [2.05, 4.69) is 47.8 Å². The molecular formula is C27H30ClN2O+. The number of anilines is 1. The summed E-state index contributed by atoms with van der Waals surface area (Å²) in [4.78, 5) is 14.2. The number of hydrogen-bond donors (Lipinski definition) is 2. The van der Waals surface area contributed by atoms with Crippen LogP contribution in [0.4, 0.5) is 5.69 Å². The number of piperidine rings is 1. The van der Waals surface area contributed by atoms with Gasteiger partial charge in [-0.15, -0.1) is 0 Å². The highest BCUT2D eigenvalue weighted by atomic mass is 35.5. The first-order valence-corrected chi connectivity index (χ1v) is 11.5. The molecule has 0 bridgehead atoms. The Labute approximate surface area is 190 Å². The van der Waals surface area contributed by atoms with Gasteiger partial charge in [-0.1, -0.05) is 60.1 Å². The lowest BCUT2D eigenvalue weighted by Gasteiger charge is -2.29. The Bertz CT molecular complexity index is 1010. The fraction of sp³-hybridized carbons (Fsp3) is 0.296. The number of rotatable bonds is 6. The number of nitrogens with one attached hydrogen (secondary N) is 2. The Morgan fingerprint density at radius 1 is 0.968 bits per heavy atom. The van der Waals surface area contributed by atoms with Crippen molar-refractivity contribution in [1.29, 1.82) is 0 Å². The largest absolute Gasteiger partial charge is 0.331 e. The van der Waals surface area contributed by atoms with Crippen LogP contribution in [0.15, 0.2) is 72.8 Å². The van der Waals surface area contributed by atoms with Crippen LogP contribution in [0.2, 0.25) is 5.02 Å². The molecule has 1 aliphatic heterocycles. The molecule has 0 saturated carbocycles. The highest BCUT2D eigenvalue weighted by Crippen LogP contribution is 2.21. The molecule has 1 fully saturated rings. The van der Waals surface area contributed by atoms with Crippen molar-refractivity contribution in [3.05, 3.63) is 100 Å². The van der Waals surface area contributed by atoms with Gasteiger partial charge in [0.15, 0.2) is 0 Å². The molecule has 1 saturated heterocycles. The number of hydrogen-bond acceptors (Lipinski definition) is 1. The van der Waals surface area contributed by atoms with Gasteiger partial charge in [0.1, 0.15) is 6.54 Å². The minimum absolute atomic E-state index is 0.106. The summed E-state index contributed by atoms with van der Waals surface area (Å²) in [6.07, 6.45) is 3.76. The van der Waals surface area contributed by atoms with Crippen molar-refractivity contribution in [2.24, 2.45) is 5.92 Å². The van der Waals surface area contributed by atoms with Gasteiger partial charge in [0, 0.05) is 21.8 Å². The first-order valence-electron chi connectivity index (χ1n) is 11.1. The van der Waals surface area contributed by atoms with E-state index in [0.717, 1.165) is 23.7 Å². The van der Waals surface area contributed by atoms with Gasteiger partial charge in [-0.25, -0.2) is 0 Å². The van der Waals surface area contributed by atoms with Crippen LogP contribution < -0.4 is 10.2 Å². The highest BCUT2D eigenvalue weighted by Gasteiger charge is 2.22. The summed E-state index contributed by atoms with van der Waals surface area (Å²) in [5.41, 5.74) is 5.16. The number of quaternary nitrogens is 1. The van der Waals surface area contributed by atoms with Crippen LogP contribution in [-0.4, -0.2) is 19.0 Å². The van der Waals surface area contributed by atoms with Gasteiger partial charge in [0.25, 0.3) is 5.91 Å². The number of likely N-dealkylation sites (tertiary alicyclic amines) is 1. The second-order valence-corrected chi connectivity index (χ2v) is 9.11. The predicted molar refractivity (Wildman–Crippen MR) is 128 cm³/mol. The second kappa shape index (κ2) is 10.1. The molecular weight excluding hydrogens is 404 g/mol. The minimum atomic E-state index is -0.106. The standard InChI is InChI=1S/C27H29ClN2O/c1-20-7-12-25(28)18-26(20)29-27(31)24-10-8-23(9-11-24)19-30-15-13-22(14-16-30)17-21-5-3-2-4-6-21/h2-12,18,22H,13-17,19H2,1H3,(H,29,31)/p+1. The molecule has 3 aromatic carbocycles. The monoisotopic (exact) mass is 433 g/mol. The molecule has 3 nitrogen and oxygen atoms in total. The summed E-state index contributed by atoms with van der Waals surface area (Å²) < 4.78 is 0. The van der Waals surface area contributed by atoms with Crippen LogP contribution in [-0.2, 0) is 13.0 Å². The molecule has 0 atom stereocenters. The average molecular weight is 434 g/mol. The molecule has 2 N–H and O–H groups in total. The lowest BCUT2D eigenvalue weighted by atomic mass is 9.90. The van der Waals surface area contributed by atoms with Crippen molar-refractivity contribution >= 4 is 23.2 Å². The Morgan fingerprint density at radius 3 is 2.39 bits per heavy atom. The van der Waals surface area contributed by atoms with Crippen LogP contribution >= 0.6 is 11.6 Å². The zero-order valence-electron chi connectivity index (χ0n) is 18.0. The van der Waals surface area contributed by atoms with E-state index in [9.17, 15) is 4.79 Å². The van der Waals surface area contributed by atoms with E-state index < -0.39 is 0 Å². The summed E-state index contributed by atoms with van der Waals surface area (Å²) in [7, 11) is 0. The first-order chi connectivity index (χ1) is 15.1. The van der Waals surface area contributed by atoms with Crippen molar-refractivity contribution in [2.45, 2.75) is 32.7 Å². The Morgan fingerprint density at radius 2 is 1.68 bits per heavy atom. The summed E-state index contributed by atoms with van der Waals surface area (Å²) in [6, 6.07) is 24.4. The van der Waals surface area contributed by atoms with Crippen LogP contribution in [0.5, 0.6) is 0 Å². The maximum Gasteiger partial charge on any atom is 0.255 e. The number of halogens is 1. The van der Waals surface area contributed by atoms with Gasteiger partial charge in [-0.3, -0.25) is 4.79 Å². The van der Waals surface area contributed by atoms with Gasteiger partial charge in [-0.2, -0.15) is 0 Å². The first kappa shape index (κ1) is 21.6. The average Bonchev–Trinajstić information content (AvgIpc) is 2.79. The molecule has 1 aliphatic rings. The number of carbonyl (C=O) groups excluding carboxylic acids is 1. The molecule has 31 heavy (non-hydrogen) atoms. The molecule has 4 rings (SSSR count). The minimum Gasteiger partial charge on any atom is -0.331 e. The van der Waals surface area contributed by atoms with Crippen LogP contribution in [0.25, 0.3) is 0 Å². The summed E-state index contributed by atoms with van der Waals surface area (Å²) >= 11 is 6.06. The Balaban J connectivity index is 1.28. The fourth-order valence-electron chi connectivity index (χ4n) is 4.40. The predicted octanol–water partition coefficient (Wildman–Crippen LogP) is 4.94. The third-order valence-corrected chi connectivity index (χ3v) is 6.53. The smallest absolute Gasteiger partial charge is 0.255 e. The molecule has 3 aromatic rings. The van der Waals surface area contributed by atoms with E-state index in [1.165, 1.54) is 43.5 Å². The number of aryl methyl sites for hydroxylation is 1. The van der Waals surface area contributed by atoms with Crippen molar-refractivity contribution < 1.29 is 9.69 Å². The van der Waals surface area contributed by atoms with E-state index in [4.69, 9.17) is 11.6 Å². The molecule has 1 heterocycles. The van der Waals surface area contributed by atoms with Crippen molar-refractivity contribution in [3.63, 3.8) is 0 Å². The number of benzene rings is 3. The van der Waals surface area contributed by atoms with Crippen LogP contribution in [0, 0.1) is 12.8 Å². The van der Waals surface area contributed by atoms with Crippen molar-refractivity contribution in [3.8, 4) is 0 Å². The lowest BCUT2D eigenvalue weighted by Crippen LogP contribution is -3.11. The molecule has 0 radical (unpaired) electrons. The SMILES string of the molecule is Cc1ccc(Cl)cc1NC(=O)c1ccc(C[NH+]2CCC(Cc3ccccc3)CC2)cc1. The fourth-order valence-corrected chi connectivity index (χ4v) is 4.57. The zero-order valence-corrected chi connectivity index (χ0v) is 18.8. The molecule has 0 spiro atoms. The van der Waals surface area contributed by atoms with Gasteiger partial charge >= 0.3 is 0 Å². The summed E-state index contributed by atoms with van der Waals surface area (Å²) in [6.45, 7) is 5.41. The third-order valence-electron chi connectivity index (χ3n) is 6.30. The quantitative estimate of drug-likeness (QED) is 0.567. The third kappa shape index (κ3) is 5.96. The molecule has 4 heteroatoms. The normalized spacial score (nSPS) is 18.5. The molecule has 0 aromatic heterocycles. The van der Waals surface area contributed by atoms with E-state index in [-0.39, 0.29) is 5.91 Å². The van der Waals surface area contributed by atoms with E-state index in [0.29, 0.717) is 10.6 Å². The number of amides is 1. The van der Waals surface area contributed by atoms with Gasteiger partial charge in [0.2, 0.25) is 0 Å². The molecule has 160 valence electrons. The van der Waals surface area contributed by atoms with Crippen molar-refractivity contribution in [1.82, 2.24) is 0 Å². The maximum atomic E-state index is 12.6. The Kier molecular flexibility index (Phi) is 7.06. The van der Waals surface area contributed by atoms with Crippen LogP contribution in [0.3, 0.4) is 0 Å². The van der Waals surface area contributed by atoms with Gasteiger partial charge in [0.05, 0.1) is 13.1 Å². The van der Waals surface area contributed by atoms with E-state index in [1.54, 1.807) is 11.0 Å². The molecule has 1 amide bonds. The molecule has 0 unspecified atom stereocenters. The zero-order chi connectivity index (χ0) is 21.6. The maximum absolute atomic E-state index is 12.6. The summed E-state index contributed by atoms with van der Waals surface area (Å²) in [5, 5.41) is 3.58. The highest BCUT2D eigenvalue weighted by molar-refractivity contribution is 6.31. The summed E-state index contributed by atoms with van der Waals surface area (Å²) in [5.74, 6) is 0.693. The second-order valence-electron chi connectivity index (χ2n) is 8.67.